The van der Waals surface area contributed by atoms with Crippen molar-refractivity contribution in [1.29, 1.82) is 0 Å². The van der Waals surface area contributed by atoms with E-state index in [-0.39, 0.29) is 11.3 Å². The van der Waals surface area contributed by atoms with Crippen LogP contribution in [0.3, 0.4) is 0 Å². The molecule has 0 unspecified atom stereocenters. The van der Waals surface area contributed by atoms with E-state index in [0.717, 1.165) is 26.7 Å². The third-order valence-corrected chi connectivity index (χ3v) is 6.12. The monoisotopic (exact) mass is 458 g/mol. The van der Waals surface area contributed by atoms with E-state index in [1.165, 1.54) is 20.3 Å². The lowest BCUT2D eigenvalue weighted by Gasteiger charge is -2.23. The Kier molecular flexibility index (Phi) is 6.51. The maximum atomic E-state index is 12.7. The van der Waals surface area contributed by atoms with Crippen LogP contribution >= 0.6 is 11.3 Å². The Morgan fingerprint density at radius 1 is 0.909 bits per heavy atom. The van der Waals surface area contributed by atoms with E-state index >= 15 is 0 Å². The fourth-order valence-electron chi connectivity index (χ4n) is 3.54. The van der Waals surface area contributed by atoms with E-state index in [9.17, 15) is 9.59 Å². The van der Waals surface area contributed by atoms with E-state index in [2.05, 4.69) is 6.92 Å². The fourth-order valence-corrected chi connectivity index (χ4v) is 4.47. The molecular formula is C26H22N2O4S. The van der Waals surface area contributed by atoms with Gasteiger partial charge in [-0.15, -0.1) is 11.3 Å². The molecule has 0 radical (unpaired) electrons. The molecule has 0 N–H and O–H groups in total. The molecule has 0 saturated carbocycles. The number of aryl methyl sites for hydroxylation is 1. The summed E-state index contributed by atoms with van der Waals surface area (Å²) >= 11 is 1.60. The molecule has 1 aliphatic heterocycles. The fraction of sp³-hybridized carbons (Fsp3) is 0.115. The summed E-state index contributed by atoms with van der Waals surface area (Å²) in [5, 5.41) is 0.863. The van der Waals surface area contributed by atoms with Crippen LogP contribution in [0.2, 0.25) is 0 Å². The highest BCUT2D eigenvalue weighted by Gasteiger charge is 2.27. The number of thiazole rings is 1. The minimum atomic E-state index is -0.645. The van der Waals surface area contributed by atoms with E-state index in [0.29, 0.717) is 5.69 Å². The third-order valence-electron chi connectivity index (χ3n) is 5.10. The number of hydrogen-bond donors (Lipinski definition) is 0. The standard InChI is InChI=1S/C26H22N2O4S/c1-17-22(18-10-5-4-6-11-18)27-24(33-17)19-12-9-13-20(16-19)28-15-8-7-14-21(25(29)31-2)23(28)26(30)32-3/h4-16H,1-3H3. The molecule has 3 aromatic rings. The number of anilines is 1. The summed E-state index contributed by atoms with van der Waals surface area (Å²) in [6.07, 6.45) is 6.66. The first kappa shape index (κ1) is 22.2. The minimum absolute atomic E-state index is 0.0757. The van der Waals surface area contributed by atoms with Gasteiger partial charge in [-0.3, -0.25) is 0 Å². The van der Waals surface area contributed by atoms with Gasteiger partial charge in [0.1, 0.15) is 10.7 Å². The van der Waals surface area contributed by atoms with E-state index in [1.54, 1.807) is 34.6 Å². The number of hydrogen-bond acceptors (Lipinski definition) is 7. The van der Waals surface area contributed by atoms with Gasteiger partial charge in [-0.05, 0) is 31.2 Å². The summed E-state index contributed by atoms with van der Waals surface area (Å²) < 4.78 is 9.87. The SMILES string of the molecule is COC(=O)C1=C(C(=O)OC)N(c2cccc(-c3nc(-c4ccccc4)c(C)s3)c2)C=CC=C1. The molecule has 4 rings (SSSR count). The van der Waals surface area contributed by atoms with Gasteiger partial charge in [0.2, 0.25) is 0 Å². The molecule has 0 bridgehead atoms. The Bertz CT molecular complexity index is 1290. The van der Waals surface area contributed by atoms with Crippen LogP contribution in [-0.2, 0) is 19.1 Å². The molecule has 0 amide bonds. The maximum Gasteiger partial charge on any atom is 0.355 e. The number of rotatable bonds is 5. The Morgan fingerprint density at radius 2 is 1.64 bits per heavy atom. The van der Waals surface area contributed by atoms with Gasteiger partial charge in [-0.2, -0.15) is 0 Å². The van der Waals surface area contributed by atoms with Crippen molar-refractivity contribution in [2.45, 2.75) is 6.92 Å². The molecule has 0 saturated heterocycles. The van der Waals surface area contributed by atoms with Gasteiger partial charge in [0.15, 0.2) is 0 Å². The van der Waals surface area contributed by atoms with Crippen LogP contribution in [-0.4, -0.2) is 31.1 Å². The summed E-state index contributed by atoms with van der Waals surface area (Å²) in [6, 6.07) is 17.7. The predicted molar refractivity (Wildman–Crippen MR) is 130 cm³/mol. The molecule has 0 fully saturated rings. The van der Waals surface area contributed by atoms with Crippen molar-refractivity contribution in [3.05, 3.63) is 95.2 Å². The number of carbonyl (C=O) groups is 2. The number of ether oxygens (including phenoxy) is 2. The smallest absolute Gasteiger partial charge is 0.355 e. The number of methoxy groups -OCH3 is 2. The summed E-state index contributed by atoms with van der Waals surface area (Å²) in [7, 11) is 2.55. The van der Waals surface area contributed by atoms with Crippen LogP contribution in [0, 0.1) is 6.92 Å². The molecule has 0 aliphatic carbocycles. The van der Waals surface area contributed by atoms with E-state index < -0.39 is 11.9 Å². The number of allylic oxidation sites excluding steroid dienone is 2. The second-order valence-corrected chi connectivity index (χ2v) is 8.36. The number of benzene rings is 2. The Morgan fingerprint density at radius 3 is 2.36 bits per heavy atom. The zero-order chi connectivity index (χ0) is 23.4. The van der Waals surface area contributed by atoms with Crippen LogP contribution in [0.25, 0.3) is 21.8 Å². The van der Waals surface area contributed by atoms with Gasteiger partial charge in [-0.1, -0.05) is 48.5 Å². The molecule has 6 nitrogen and oxygen atoms in total. The van der Waals surface area contributed by atoms with Gasteiger partial charge < -0.3 is 14.4 Å². The first-order valence-corrected chi connectivity index (χ1v) is 11.0. The average molecular weight is 459 g/mol. The highest BCUT2D eigenvalue weighted by atomic mass is 32.1. The van der Waals surface area contributed by atoms with Gasteiger partial charge in [0, 0.05) is 27.9 Å². The molecule has 33 heavy (non-hydrogen) atoms. The third kappa shape index (κ3) is 4.49. The summed E-state index contributed by atoms with van der Waals surface area (Å²) in [4.78, 5) is 32.7. The van der Waals surface area contributed by atoms with Crippen LogP contribution in [0.4, 0.5) is 5.69 Å². The molecule has 166 valence electrons. The van der Waals surface area contributed by atoms with Crippen molar-refractivity contribution in [2.75, 3.05) is 19.1 Å². The Balaban J connectivity index is 1.79. The van der Waals surface area contributed by atoms with Gasteiger partial charge in [-0.25, -0.2) is 14.6 Å². The van der Waals surface area contributed by atoms with Crippen LogP contribution in [0.1, 0.15) is 4.88 Å². The van der Waals surface area contributed by atoms with Crippen molar-refractivity contribution >= 4 is 29.0 Å². The summed E-state index contributed by atoms with van der Waals surface area (Å²) in [6.45, 7) is 2.05. The lowest BCUT2D eigenvalue weighted by molar-refractivity contribution is -0.139. The molecule has 7 heteroatoms. The van der Waals surface area contributed by atoms with Gasteiger partial charge >= 0.3 is 11.9 Å². The number of carbonyl (C=O) groups excluding carboxylic acids is 2. The van der Waals surface area contributed by atoms with Crippen molar-refractivity contribution in [3.8, 4) is 21.8 Å². The van der Waals surface area contributed by atoms with Gasteiger partial charge in [0.05, 0.1) is 25.5 Å². The minimum Gasteiger partial charge on any atom is -0.465 e. The van der Waals surface area contributed by atoms with Crippen molar-refractivity contribution in [1.82, 2.24) is 4.98 Å². The largest absolute Gasteiger partial charge is 0.465 e. The summed E-state index contributed by atoms with van der Waals surface area (Å²) in [5.41, 5.74) is 3.78. The van der Waals surface area contributed by atoms with Crippen LogP contribution in [0.15, 0.2) is 90.3 Å². The lowest BCUT2D eigenvalue weighted by atomic mass is 10.1. The molecule has 0 spiro atoms. The average Bonchev–Trinajstić information content (AvgIpc) is 3.11. The van der Waals surface area contributed by atoms with Crippen molar-refractivity contribution in [2.24, 2.45) is 0 Å². The molecule has 2 heterocycles. The Hall–Kier alpha value is -3.97. The summed E-state index contributed by atoms with van der Waals surface area (Å²) in [5.74, 6) is -1.27. The zero-order valence-electron chi connectivity index (χ0n) is 18.4. The predicted octanol–water partition coefficient (Wildman–Crippen LogP) is 5.28. The quantitative estimate of drug-likeness (QED) is 0.485. The normalized spacial score (nSPS) is 13.1. The van der Waals surface area contributed by atoms with E-state index in [1.807, 2.05) is 54.6 Å². The Labute approximate surface area is 196 Å². The van der Waals surface area contributed by atoms with Crippen molar-refractivity contribution < 1.29 is 19.1 Å². The maximum absolute atomic E-state index is 12.7. The number of esters is 2. The second kappa shape index (κ2) is 9.67. The first-order valence-electron chi connectivity index (χ1n) is 10.2. The van der Waals surface area contributed by atoms with Crippen LogP contribution < -0.4 is 4.90 Å². The second-order valence-electron chi connectivity index (χ2n) is 7.16. The van der Waals surface area contributed by atoms with E-state index in [4.69, 9.17) is 14.5 Å². The molecule has 1 aliphatic rings. The molecular weight excluding hydrogens is 436 g/mol. The topological polar surface area (TPSA) is 68.7 Å². The van der Waals surface area contributed by atoms with Gasteiger partial charge in [0.25, 0.3) is 0 Å². The van der Waals surface area contributed by atoms with Crippen molar-refractivity contribution in [3.63, 3.8) is 0 Å². The highest BCUT2D eigenvalue weighted by molar-refractivity contribution is 7.15. The van der Waals surface area contributed by atoms with Crippen LogP contribution in [0.5, 0.6) is 0 Å². The first-order chi connectivity index (χ1) is 16.0. The lowest BCUT2D eigenvalue weighted by Crippen LogP contribution is -2.26. The number of aromatic nitrogens is 1. The number of nitrogens with zero attached hydrogens (tertiary/aromatic N) is 2. The molecule has 0 atom stereocenters. The molecule has 1 aromatic heterocycles. The highest BCUT2D eigenvalue weighted by Crippen LogP contribution is 2.35. The zero-order valence-corrected chi connectivity index (χ0v) is 19.3. The molecule has 2 aromatic carbocycles.